The maximum absolute atomic E-state index is 13.2. The van der Waals surface area contributed by atoms with Crippen LogP contribution >= 0.6 is 0 Å². The molecule has 12 heteroatoms. The summed E-state index contributed by atoms with van der Waals surface area (Å²) in [5.41, 5.74) is 5.33. The minimum absolute atomic E-state index is 0.115. The molecule has 0 spiro atoms. The van der Waals surface area contributed by atoms with Crippen molar-refractivity contribution in [2.45, 2.75) is 72.1 Å². The van der Waals surface area contributed by atoms with Gasteiger partial charge >= 0.3 is 5.97 Å². The van der Waals surface area contributed by atoms with Crippen LogP contribution in [0.15, 0.2) is 36.5 Å². The van der Waals surface area contributed by atoms with Crippen molar-refractivity contribution in [3.63, 3.8) is 0 Å². The summed E-state index contributed by atoms with van der Waals surface area (Å²) in [6.45, 7) is 10.4. The van der Waals surface area contributed by atoms with Crippen molar-refractivity contribution in [2.75, 3.05) is 71.3 Å². The zero-order valence-corrected chi connectivity index (χ0v) is 29.9. The predicted molar refractivity (Wildman–Crippen MR) is 191 cm³/mol. The van der Waals surface area contributed by atoms with Gasteiger partial charge in [-0.2, -0.15) is 0 Å². The van der Waals surface area contributed by atoms with Gasteiger partial charge in [-0.1, -0.05) is 25.3 Å². The number of nitrogens with one attached hydrogen (secondary N) is 2. The Bertz CT molecular complexity index is 1520. The number of rotatable bonds is 22. The number of hydrogen-bond donors (Lipinski definition) is 2. The van der Waals surface area contributed by atoms with Gasteiger partial charge in [0.05, 0.1) is 64.8 Å². The minimum atomic E-state index is -0.314. The van der Waals surface area contributed by atoms with Gasteiger partial charge < -0.3 is 38.7 Å². The molecule has 12 nitrogen and oxygen atoms in total. The van der Waals surface area contributed by atoms with Gasteiger partial charge in [-0.05, 0) is 81.8 Å². The first-order valence-corrected chi connectivity index (χ1v) is 18.0. The Morgan fingerprint density at radius 1 is 0.840 bits per heavy atom. The molecular weight excluding hydrogens is 640 g/mol. The normalized spacial score (nSPS) is 13.4. The summed E-state index contributed by atoms with van der Waals surface area (Å²) in [6, 6.07) is 9.37. The van der Waals surface area contributed by atoms with E-state index in [1.807, 2.05) is 48.7 Å². The summed E-state index contributed by atoms with van der Waals surface area (Å²) in [6.07, 6.45) is 8.97. The summed E-state index contributed by atoms with van der Waals surface area (Å²) in [7, 11) is 0. The number of nitrogens with zero attached hydrogens (tertiary/aromatic N) is 2. The molecule has 1 aromatic carbocycles. The van der Waals surface area contributed by atoms with Crippen LogP contribution in [0.1, 0.15) is 78.3 Å². The Balaban J connectivity index is 1.08. The maximum atomic E-state index is 13.2. The zero-order valence-electron chi connectivity index (χ0n) is 29.9. The summed E-state index contributed by atoms with van der Waals surface area (Å²) in [5.74, 6) is -0.248. The Morgan fingerprint density at radius 3 is 2.22 bits per heavy atom. The number of aryl methyl sites for hydroxylation is 3. The molecule has 4 rings (SSSR count). The first kappa shape index (κ1) is 39.0. The summed E-state index contributed by atoms with van der Waals surface area (Å²) in [4.78, 5) is 42.3. The van der Waals surface area contributed by atoms with Crippen molar-refractivity contribution in [2.24, 2.45) is 5.92 Å². The number of esters is 1. The second-order valence-electron chi connectivity index (χ2n) is 12.6. The van der Waals surface area contributed by atoms with Crippen molar-refractivity contribution in [1.82, 2.24) is 14.7 Å². The molecule has 0 atom stereocenters. The third-order valence-electron chi connectivity index (χ3n) is 8.66. The van der Waals surface area contributed by atoms with Crippen LogP contribution in [0.4, 0.5) is 5.69 Å². The molecule has 0 unspecified atom stereocenters. The molecule has 2 N–H and O–H groups in total. The highest BCUT2D eigenvalue weighted by atomic mass is 16.6. The third-order valence-corrected chi connectivity index (χ3v) is 8.66. The van der Waals surface area contributed by atoms with Gasteiger partial charge in [0, 0.05) is 42.3 Å². The SMILES string of the molecule is CCOC(=O)Cc1cc(NC(=O)c2ccn3c(C)cc(C)nc23)ccc1CCCOCCOCCOCCOCCNC(=O)C1CCCCC1. The molecule has 50 heavy (non-hydrogen) atoms. The Hall–Kier alpha value is -3.84. The van der Waals surface area contributed by atoms with Crippen molar-refractivity contribution < 1.29 is 38.1 Å². The number of ether oxygens (including phenoxy) is 5. The van der Waals surface area contributed by atoms with E-state index < -0.39 is 0 Å². The van der Waals surface area contributed by atoms with E-state index in [9.17, 15) is 14.4 Å². The highest BCUT2D eigenvalue weighted by Gasteiger charge is 2.20. The standard InChI is InChI=1S/C38H54N4O8/c1-4-50-35(43)27-32-26-33(41-38(45)34-14-16-42-29(3)25-28(2)40-36(34)42)13-12-30(32)11-8-17-46-19-21-48-23-24-49-22-20-47-18-15-39-37(44)31-9-6-5-7-10-31/h12-14,16,25-26,31H,4-11,15,17-24,27H2,1-3H3,(H,39,44)(H,41,45). The van der Waals surface area contributed by atoms with Crippen LogP contribution < -0.4 is 10.6 Å². The minimum Gasteiger partial charge on any atom is -0.466 e. The number of fused-ring (bicyclic) bond motifs is 1. The van der Waals surface area contributed by atoms with E-state index in [4.69, 9.17) is 23.7 Å². The molecule has 2 aromatic heterocycles. The lowest BCUT2D eigenvalue weighted by atomic mass is 9.89. The fraction of sp³-hybridized carbons (Fsp3) is 0.579. The Labute approximate surface area is 295 Å². The quantitative estimate of drug-likeness (QED) is 0.110. The van der Waals surface area contributed by atoms with E-state index in [0.717, 1.165) is 54.6 Å². The third kappa shape index (κ3) is 12.8. The van der Waals surface area contributed by atoms with Crippen LogP contribution in [0.2, 0.25) is 0 Å². The van der Waals surface area contributed by atoms with Gasteiger partial charge in [-0.15, -0.1) is 0 Å². The molecule has 0 radical (unpaired) electrons. The Morgan fingerprint density at radius 2 is 1.52 bits per heavy atom. The lowest BCUT2D eigenvalue weighted by Crippen LogP contribution is -2.34. The van der Waals surface area contributed by atoms with Gasteiger partial charge in [0.2, 0.25) is 5.91 Å². The van der Waals surface area contributed by atoms with Gasteiger partial charge in [0.1, 0.15) is 5.65 Å². The molecule has 1 saturated carbocycles. The second-order valence-corrected chi connectivity index (χ2v) is 12.6. The number of carbonyl (C=O) groups is 3. The monoisotopic (exact) mass is 694 g/mol. The molecule has 1 aliphatic carbocycles. The van der Waals surface area contributed by atoms with Gasteiger partial charge in [0.15, 0.2) is 0 Å². The lowest BCUT2D eigenvalue weighted by Gasteiger charge is -2.20. The van der Waals surface area contributed by atoms with E-state index in [1.54, 1.807) is 13.0 Å². The average Bonchev–Trinajstić information content (AvgIpc) is 3.53. The van der Waals surface area contributed by atoms with Crippen LogP contribution in [0.5, 0.6) is 0 Å². The molecule has 3 aromatic rings. The number of amides is 2. The summed E-state index contributed by atoms with van der Waals surface area (Å²) < 4.78 is 29.5. The van der Waals surface area contributed by atoms with E-state index >= 15 is 0 Å². The number of anilines is 1. The Kier molecular flexibility index (Phi) is 16.7. The molecule has 2 heterocycles. The van der Waals surface area contributed by atoms with Crippen LogP contribution in [0.3, 0.4) is 0 Å². The van der Waals surface area contributed by atoms with Gasteiger partial charge in [-0.3, -0.25) is 14.4 Å². The van der Waals surface area contributed by atoms with E-state index in [2.05, 4.69) is 15.6 Å². The molecule has 274 valence electrons. The summed E-state index contributed by atoms with van der Waals surface area (Å²) in [5, 5.41) is 5.94. The van der Waals surface area contributed by atoms with Crippen LogP contribution in [0.25, 0.3) is 5.65 Å². The number of carbonyl (C=O) groups excluding carboxylic acids is 3. The number of aromatic nitrogens is 2. The molecule has 0 bridgehead atoms. The maximum Gasteiger partial charge on any atom is 0.310 e. The van der Waals surface area contributed by atoms with Crippen molar-refractivity contribution >= 4 is 29.1 Å². The first-order valence-electron chi connectivity index (χ1n) is 18.0. The fourth-order valence-corrected chi connectivity index (χ4v) is 6.13. The smallest absolute Gasteiger partial charge is 0.310 e. The predicted octanol–water partition coefficient (Wildman–Crippen LogP) is 5.00. The highest BCUT2D eigenvalue weighted by Crippen LogP contribution is 2.24. The largest absolute Gasteiger partial charge is 0.466 e. The number of benzene rings is 1. The second kappa shape index (κ2) is 21.4. The average molecular weight is 695 g/mol. The van der Waals surface area contributed by atoms with E-state index in [0.29, 0.717) is 89.3 Å². The topological polar surface area (TPSA) is 139 Å². The van der Waals surface area contributed by atoms with E-state index in [1.165, 1.54) is 6.42 Å². The molecule has 0 aliphatic heterocycles. The van der Waals surface area contributed by atoms with Crippen LogP contribution in [-0.4, -0.2) is 93.2 Å². The van der Waals surface area contributed by atoms with Crippen molar-refractivity contribution in [3.05, 3.63) is 64.6 Å². The molecule has 0 saturated heterocycles. The zero-order chi connectivity index (χ0) is 35.6. The lowest BCUT2D eigenvalue weighted by molar-refractivity contribution is -0.142. The van der Waals surface area contributed by atoms with Crippen LogP contribution in [-0.2, 0) is 46.1 Å². The number of hydrogen-bond acceptors (Lipinski definition) is 9. The highest BCUT2D eigenvalue weighted by molar-refractivity contribution is 6.08. The van der Waals surface area contributed by atoms with Crippen LogP contribution in [0, 0.1) is 19.8 Å². The fourth-order valence-electron chi connectivity index (χ4n) is 6.13. The molecule has 1 aliphatic rings. The van der Waals surface area contributed by atoms with E-state index in [-0.39, 0.29) is 30.1 Å². The van der Waals surface area contributed by atoms with Crippen molar-refractivity contribution in [1.29, 1.82) is 0 Å². The van der Waals surface area contributed by atoms with Gasteiger partial charge in [0.25, 0.3) is 5.91 Å². The van der Waals surface area contributed by atoms with Crippen molar-refractivity contribution in [3.8, 4) is 0 Å². The molecular formula is C38H54N4O8. The first-order chi connectivity index (χ1) is 24.4. The van der Waals surface area contributed by atoms with Gasteiger partial charge in [-0.25, -0.2) is 4.98 Å². The molecule has 2 amide bonds. The summed E-state index contributed by atoms with van der Waals surface area (Å²) >= 11 is 0. The molecule has 1 fully saturated rings.